The Morgan fingerprint density at radius 3 is 2.45 bits per heavy atom. The van der Waals surface area contributed by atoms with Crippen molar-refractivity contribution in [2.24, 2.45) is 0 Å². The maximum absolute atomic E-state index is 10.2. The average Bonchev–Trinajstić information content (AvgIpc) is 1.86. The topological polar surface area (TPSA) is 46.2 Å². The van der Waals surface area contributed by atoms with E-state index in [1.165, 1.54) is 12.8 Å². The first-order valence-electron chi connectivity index (χ1n) is 4.07. The molecular formula is C7H17NO2S. The minimum absolute atomic E-state index is 0.0997. The maximum atomic E-state index is 10.2. The summed E-state index contributed by atoms with van der Waals surface area (Å²) < 4.78 is 22.8. The van der Waals surface area contributed by atoms with Crippen molar-refractivity contribution in [2.75, 3.05) is 0 Å². The molecule has 0 radical (unpaired) electrons. The van der Waals surface area contributed by atoms with Gasteiger partial charge in [0.1, 0.15) is 0 Å². The summed E-state index contributed by atoms with van der Waals surface area (Å²) in [4.78, 5) is 0. The van der Waals surface area contributed by atoms with E-state index in [4.69, 9.17) is 0 Å². The fourth-order valence-corrected chi connectivity index (χ4v) is 1.43. The highest BCUT2D eigenvalue weighted by molar-refractivity contribution is 7.70. The number of unbranched alkanes of at least 4 members (excludes halogenated alkanes) is 2. The van der Waals surface area contributed by atoms with Crippen molar-refractivity contribution in [1.82, 2.24) is 4.72 Å². The Morgan fingerprint density at radius 2 is 2.00 bits per heavy atom. The molecule has 0 aromatic rings. The summed E-state index contributed by atoms with van der Waals surface area (Å²) in [6.07, 6.45) is 4.41. The second-order valence-electron chi connectivity index (χ2n) is 2.78. The Labute approximate surface area is 70.3 Å². The monoisotopic (exact) mass is 179 g/mol. The molecule has 0 aliphatic carbocycles. The highest BCUT2D eigenvalue weighted by Gasteiger charge is 1.99. The molecule has 0 aliphatic rings. The smallest absolute Gasteiger partial charge is 0.201 e. The van der Waals surface area contributed by atoms with Gasteiger partial charge in [-0.05, 0) is 13.3 Å². The van der Waals surface area contributed by atoms with Gasteiger partial charge in [0.2, 0.25) is 10.9 Å². The highest BCUT2D eigenvalue weighted by atomic mass is 32.2. The summed E-state index contributed by atoms with van der Waals surface area (Å²) in [5.41, 5.74) is 0. The summed E-state index contributed by atoms with van der Waals surface area (Å²) in [6, 6.07) is 0.0997. The minimum atomic E-state index is -2.41. The predicted octanol–water partition coefficient (Wildman–Crippen LogP) is 1.07. The lowest BCUT2D eigenvalue weighted by Crippen LogP contribution is -2.23. The van der Waals surface area contributed by atoms with Gasteiger partial charge in [0.15, 0.2) is 0 Å². The lowest BCUT2D eigenvalue weighted by Gasteiger charge is -2.07. The first-order chi connectivity index (χ1) is 5.16. The van der Waals surface area contributed by atoms with Crippen molar-refractivity contribution in [3.63, 3.8) is 0 Å². The molecule has 0 aliphatic heterocycles. The molecule has 0 bridgehead atoms. The fourth-order valence-electron chi connectivity index (χ4n) is 0.945. The lowest BCUT2D eigenvalue weighted by atomic mass is 10.1. The molecule has 1 unspecified atom stereocenters. The van der Waals surface area contributed by atoms with Gasteiger partial charge in [0.05, 0.1) is 0 Å². The van der Waals surface area contributed by atoms with E-state index in [0.717, 1.165) is 12.8 Å². The summed E-state index contributed by atoms with van der Waals surface area (Å²) in [6.45, 7) is 4.02. The van der Waals surface area contributed by atoms with Crippen LogP contribution in [0.2, 0.25) is 0 Å². The van der Waals surface area contributed by atoms with Gasteiger partial charge in [-0.3, -0.25) is 0 Å². The van der Waals surface area contributed by atoms with Gasteiger partial charge >= 0.3 is 0 Å². The normalized spacial score (nSPS) is 13.7. The Morgan fingerprint density at radius 1 is 1.36 bits per heavy atom. The molecule has 0 fully saturated rings. The van der Waals surface area contributed by atoms with Gasteiger partial charge < -0.3 is 0 Å². The van der Waals surface area contributed by atoms with Crippen LogP contribution in [-0.4, -0.2) is 14.5 Å². The molecule has 0 spiro atoms. The molecule has 4 heteroatoms. The SMILES string of the molecule is CCCCCC(C)N[SH](=O)=O. The van der Waals surface area contributed by atoms with E-state index in [9.17, 15) is 8.42 Å². The van der Waals surface area contributed by atoms with Crippen LogP contribution in [-0.2, 0) is 10.9 Å². The number of rotatable bonds is 6. The highest BCUT2D eigenvalue weighted by Crippen LogP contribution is 2.02. The number of nitrogens with one attached hydrogen (secondary N) is 1. The van der Waals surface area contributed by atoms with E-state index in [1.54, 1.807) is 0 Å². The summed E-state index contributed by atoms with van der Waals surface area (Å²) >= 11 is 0. The molecule has 1 atom stereocenters. The van der Waals surface area contributed by atoms with Gasteiger partial charge in [-0.1, -0.05) is 26.2 Å². The zero-order valence-corrected chi connectivity index (χ0v) is 8.06. The van der Waals surface area contributed by atoms with Crippen molar-refractivity contribution < 1.29 is 8.42 Å². The van der Waals surface area contributed by atoms with Crippen LogP contribution in [0.1, 0.15) is 39.5 Å². The number of hydrogen-bond donors (Lipinski definition) is 2. The van der Waals surface area contributed by atoms with E-state index in [0.29, 0.717) is 0 Å². The molecule has 0 aromatic carbocycles. The van der Waals surface area contributed by atoms with Crippen LogP contribution in [0.5, 0.6) is 0 Å². The Balaban J connectivity index is 3.29. The summed E-state index contributed by atoms with van der Waals surface area (Å²) in [5, 5.41) is 0. The largest absolute Gasteiger partial charge is 0.216 e. The van der Waals surface area contributed by atoms with Crippen molar-refractivity contribution in [3.8, 4) is 0 Å². The number of hydrogen-bond acceptors (Lipinski definition) is 2. The van der Waals surface area contributed by atoms with Gasteiger partial charge in [0.25, 0.3) is 0 Å². The molecule has 0 saturated carbocycles. The fraction of sp³-hybridized carbons (Fsp3) is 1.00. The standard InChI is InChI=1S/C7H17NO2S/c1-3-4-5-6-7(2)8-11(9)10/h7,11H,3-6H2,1-2H3,(H,8,9,10). The first kappa shape index (κ1) is 10.9. The minimum Gasteiger partial charge on any atom is -0.216 e. The number of thiol groups is 1. The van der Waals surface area contributed by atoms with E-state index in [1.807, 2.05) is 6.92 Å². The van der Waals surface area contributed by atoms with Gasteiger partial charge in [-0.15, -0.1) is 0 Å². The van der Waals surface area contributed by atoms with E-state index in [-0.39, 0.29) is 6.04 Å². The molecule has 0 rings (SSSR count). The zero-order valence-electron chi connectivity index (χ0n) is 7.17. The van der Waals surface area contributed by atoms with Crippen LogP contribution in [0.15, 0.2) is 0 Å². The molecule has 0 amide bonds. The maximum Gasteiger partial charge on any atom is 0.201 e. The second kappa shape index (κ2) is 6.61. The van der Waals surface area contributed by atoms with Crippen LogP contribution in [0.3, 0.4) is 0 Å². The van der Waals surface area contributed by atoms with Gasteiger partial charge in [-0.2, -0.15) is 0 Å². The Bertz CT molecular complexity index is 149. The molecule has 68 valence electrons. The molecule has 0 aromatic heterocycles. The molecule has 3 nitrogen and oxygen atoms in total. The van der Waals surface area contributed by atoms with E-state index >= 15 is 0 Å². The van der Waals surface area contributed by atoms with Crippen LogP contribution >= 0.6 is 0 Å². The summed E-state index contributed by atoms with van der Waals surface area (Å²) in [5.74, 6) is 0. The van der Waals surface area contributed by atoms with Crippen molar-refractivity contribution in [3.05, 3.63) is 0 Å². The zero-order chi connectivity index (χ0) is 8.69. The summed E-state index contributed by atoms with van der Waals surface area (Å²) in [7, 11) is -2.41. The van der Waals surface area contributed by atoms with Crippen LogP contribution < -0.4 is 4.72 Å². The second-order valence-corrected chi connectivity index (χ2v) is 3.56. The first-order valence-corrected chi connectivity index (χ1v) is 5.25. The van der Waals surface area contributed by atoms with Crippen molar-refractivity contribution in [1.29, 1.82) is 0 Å². The average molecular weight is 179 g/mol. The Hall–Kier alpha value is -0.0900. The van der Waals surface area contributed by atoms with Gasteiger partial charge in [0, 0.05) is 6.04 Å². The molecule has 0 saturated heterocycles. The molecule has 11 heavy (non-hydrogen) atoms. The lowest BCUT2D eigenvalue weighted by molar-refractivity contribution is 0.539. The van der Waals surface area contributed by atoms with Gasteiger partial charge in [-0.25, -0.2) is 13.1 Å². The van der Waals surface area contributed by atoms with Crippen molar-refractivity contribution >= 4 is 10.9 Å². The Kier molecular flexibility index (Phi) is 6.56. The van der Waals surface area contributed by atoms with E-state index < -0.39 is 10.9 Å². The third-order valence-corrected chi connectivity index (χ3v) is 2.22. The van der Waals surface area contributed by atoms with Crippen LogP contribution in [0, 0.1) is 0 Å². The molecule has 0 heterocycles. The quantitative estimate of drug-likeness (QED) is 0.473. The predicted molar refractivity (Wildman–Crippen MR) is 47.1 cm³/mol. The molecular weight excluding hydrogens is 162 g/mol. The van der Waals surface area contributed by atoms with Crippen molar-refractivity contribution in [2.45, 2.75) is 45.6 Å². The molecule has 1 N–H and O–H groups in total. The third kappa shape index (κ3) is 7.81. The third-order valence-electron chi connectivity index (χ3n) is 1.57. The van der Waals surface area contributed by atoms with Crippen LogP contribution in [0.25, 0.3) is 0 Å². The van der Waals surface area contributed by atoms with Crippen LogP contribution in [0.4, 0.5) is 0 Å². The van der Waals surface area contributed by atoms with E-state index in [2.05, 4.69) is 11.6 Å².